The van der Waals surface area contributed by atoms with Crippen LogP contribution in [0.5, 0.6) is 0 Å². The topological polar surface area (TPSA) is 56.7 Å². The van der Waals surface area contributed by atoms with Crippen LogP contribution in [0, 0.1) is 0 Å². The fourth-order valence-corrected chi connectivity index (χ4v) is 7.76. The van der Waals surface area contributed by atoms with Gasteiger partial charge in [-0.05, 0) is 41.5 Å². The molecule has 11 rings (SSSR count). The average Bonchev–Trinajstić information content (AvgIpc) is 3.71. The molecular formula is C45H26N4O. The summed E-state index contributed by atoms with van der Waals surface area (Å²) in [5, 5.41) is 4.60. The van der Waals surface area contributed by atoms with Gasteiger partial charge in [0.15, 0.2) is 23.1 Å². The fourth-order valence-electron chi connectivity index (χ4n) is 7.76. The molecule has 5 heteroatoms. The highest BCUT2D eigenvalue weighted by Gasteiger charge is 2.27. The van der Waals surface area contributed by atoms with E-state index in [0.29, 0.717) is 17.5 Å². The summed E-state index contributed by atoms with van der Waals surface area (Å²) in [6.45, 7) is 0. The predicted molar refractivity (Wildman–Crippen MR) is 202 cm³/mol. The molecule has 1 aliphatic rings. The maximum atomic E-state index is 6.69. The third kappa shape index (κ3) is 3.86. The summed E-state index contributed by atoms with van der Waals surface area (Å²) in [5.74, 6) is 1.91. The molecule has 7 aromatic carbocycles. The minimum atomic E-state index is 0.627. The van der Waals surface area contributed by atoms with Gasteiger partial charge in [-0.15, -0.1) is 0 Å². The highest BCUT2D eigenvalue weighted by Crippen LogP contribution is 2.49. The van der Waals surface area contributed by atoms with Crippen LogP contribution in [0.15, 0.2) is 162 Å². The van der Waals surface area contributed by atoms with E-state index in [2.05, 4.69) is 95.6 Å². The Hall–Kier alpha value is -6.85. The molecule has 0 amide bonds. The van der Waals surface area contributed by atoms with E-state index in [-0.39, 0.29) is 0 Å². The van der Waals surface area contributed by atoms with Gasteiger partial charge in [0.1, 0.15) is 5.58 Å². The number of fused-ring (bicyclic) bond motifs is 12. The van der Waals surface area contributed by atoms with Gasteiger partial charge in [-0.25, -0.2) is 15.0 Å². The Morgan fingerprint density at radius 1 is 0.380 bits per heavy atom. The summed E-state index contributed by atoms with van der Waals surface area (Å²) in [6.07, 6.45) is 0. The number of nitrogens with zero attached hydrogens (tertiary/aromatic N) is 4. The SMILES string of the molecule is c1ccc(-c2nc(-c3ccccc3)nc(-c3ccc4c(c3)-c3ccccc3-c3cccc5c6ccc7c8ccccc8oc7c6n-4c35)n2)cc1. The van der Waals surface area contributed by atoms with Crippen LogP contribution in [0.3, 0.4) is 0 Å². The molecule has 0 unspecified atom stereocenters. The smallest absolute Gasteiger partial charge is 0.164 e. The number of furan rings is 1. The molecule has 0 atom stereocenters. The van der Waals surface area contributed by atoms with Crippen LogP contribution in [-0.2, 0) is 0 Å². The second-order valence-electron chi connectivity index (χ2n) is 12.8. The molecule has 0 spiro atoms. The minimum Gasteiger partial charge on any atom is -0.454 e. The van der Waals surface area contributed by atoms with Crippen LogP contribution >= 0.6 is 0 Å². The van der Waals surface area contributed by atoms with Crippen LogP contribution in [0.25, 0.3) is 106 Å². The van der Waals surface area contributed by atoms with Gasteiger partial charge in [0.2, 0.25) is 0 Å². The lowest BCUT2D eigenvalue weighted by Gasteiger charge is -2.15. The maximum absolute atomic E-state index is 6.69. The van der Waals surface area contributed by atoms with Crippen molar-refractivity contribution in [2.45, 2.75) is 0 Å². The van der Waals surface area contributed by atoms with Gasteiger partial charge >= 0.3 is 0 Å². The average molecular weight is 639 g/mol. The lowest BCUT2D eigenvalue weighted by molar-refractivity contribution is 0.671. The highest BCUT2D eigenvalue weighted by molar-refractivity contribution is 6.24. The Balaban J connectivity index is 1.23. The van der Waals surface area contributed by atoms with E-state index >= 15 is 0 Å². The molecule has 232 valence electrons. The zero-order valence-corrected chi connectivity index (χ0v) is 26.7. The van der Waals surface area contributed by atoms with Crippen LogP contribution in [0.1, 0.15) is 0 Å². The van der Waals surface area contributed by atoms with Crippen molar-refractivity contribution in [2.75, 3.05) is 0 Å². The zero-order valence-electron chi connectivity index (χ0n) is 26.7. The normalized spacial score (nSPS) is 12.0. The maximum Gasteiger partial charge on any atom is 0.164 e. The first kappa shape index (κ1) is 27.1. The summed E-state index contributed by atoms with van der Waals surface area (Å²) in [5.41, 5.74) is 12.5. The van der Waals surface area contributed by atoms with E-state index in [4.69, 9.17) is 19.4 Å². The fraction of sp³-hybridized carbons (Fsp3) is 0. The lowest BCUT2D eigenvalue weighted by atomic mass is 9.92. The van der Waals surface area contributed by atoms with Crippen molar-refractivity contribution in [3.8, 4) is 62.1 Å². The van der Waals surface area contributed by atoms with Crippen molar-refractivity contribution in [3.63, 3.8) is 0 Å². The summed E-state index contributed by atoms with van der Waals surface area (Å²) in [6, 6.07) is 54.9. The molecular weight excluding hydrogens is 613 g/mol. The van der Waals surface area contributed by atoms with Gasteiger partial charge in [0.05, 0.1) is 16.7 Å². The van der Waals surface area contributed by atoms with E-state index < -0.39 is 0 Å². The number of benzene rings is 7. The van der Waals surface area contributed by atoms with Crippen molar-refractivity contribution >= 4 is 43.7 Å². The van der Waals surface area contributed by atoms with Gasteiger partial charge in [0.25, 0.3) is 0 Å². The van der Waals surface area contributed by atoms with E-state index in [9.17, 15) is 0 Å². The Bertz CT molecular complexity index is 2920. The number of hydrogen-bond donors (Lipinski definition) is 0. The van der Waals surface area contributed by atoms with Crippen molar-refractivity contribution in [1.82, 2.24) is 19.5 Å². The predicted octanol–water partition coefficient (Wildman–Crippen LogP) is 11.5. The quantitative estimate of drug-likeness (QED) is 0.193. The van der Waals surface area contributed by atoms with Crippen LogP contribution in [-0.4, -0.2) is 19.5 Å². The molecule has 4 heterocycles. The Morgan fingerprint density at radius 2 is 0.940 bits per heavy atom. The second kappa shape index (κ2) is 10.3. The Labute approximate surface area is 286 Å². The summed E-state index contributed by atoms with van der Waals surface area (Å²) >= 11 is 0. The Kier molecular flexibility index (Phi) is 5.60. The van der Waals surface area contributed by atoms with Crippen LogP contribution in [0.4, 0.5) is 0 Å². The first-order valence-corrected chi connectivity index (χ1v) is 16.8. The molecule has 50 heavy (non-hydrogen) atoms. The zero-order chi connectivity index (χ0) is 32.8. The molecule has 1 aliphatic heterocycles. The van der Waals surface area contributed by atoms with E-state index in [1.54, 1.807) is 0 Å². The van der Waals surface area contributed by atoms with Gasteiger partial charge in [-0.1, -0.05) is 127 Å². The Morgan fingerprint density at radius 3 is 1.68 bits per heavy atom. The minimum absolute atomic E-state index is 0.627. The largest absolute Gasteiger partial charge is 0.454 e. The van der Waals surface area contributed by atoms with E-state index in [0.717, 1.165) is 61.0 Å². The number of para-hydroxylation sites is 2. The van der Waals surface area contributed by atoms with Crippen molar-refractivity contribution in [1.29, 1.82) is 0 Å². The number of aromatic nitrogens is 4. The first-order valence-electron chi connectivity index (χ1n) is 16.8. The molecule has 0 saturated carbocycles. The number of rotatable bonds is 3. The van der Waals surface area contributed by atoms with E-state index in [1.807, 2.05) is 66.7 Å². The third-order valence-corrected chi connectivity index (χ3v) is 10.00. The van der Waals surface area contributed by atoms with Crippen LogP contribution in [0.2, 0.25) is 0 Å². The molecule has 5 nitrogen and oxygen atoms in total. The van der Waals surface area contributed by atoms with Gasteiger partial charge in [-0.3, -0.25) is 0 Å². The molecule has 10 aromatic rings. The summed E-state index contributed by atoms with van der Waals surface area (Å²) < 4.78 is 9.11. The van der Waals surface area contributed by atoms with Crippen molar-refractivity contribution in [2.24, 2.45) is 0 Å². The molecule has 0 saturated heterocycles. The molecule has 0 fully saturated rings. The molecule has 0 bridgehead atoms. The highest BCUT2D eigenvalue weighted by atomic mass is 16.3. The standard InChI is InChI=1S/C45H26N4O/c1-3-12-27(13-4-1)43-46-44(28-14-5-2-6-15-28)48-45(47-43)29-22-25-38-37(26-29)31-17-8-7-16-30(31)33-19-11-20-34-35-23-24-36-32-18-9-10-21-39(32)50-42(36)41(35)49(38)40(33)34/h1-26H. The van der Waals surface area contributed by atoms with Gasteiger partial charge in [0, 0.05) is 49.4 Å². The van der Waals surface area contributed by atoms with Crippen molar-refractivity contribution < 1.29 is 4.42 Å². The number of hydrogen-bond acceptors (Lipinski definition) is 4. The summed E-state index contributed by atoms with van der Waals surface area (Å²) in [7, 11) is 0. The molecule has 0 aliphatic carbocycles. The monoisotopic (exact) mass is 638 g/mol. The molecule has 0 radical (unpaired) electrons. The summed E-state index contributed by atoms with van der Waals surface area (Å²) in [4.78, 5) is 15.1. The lowest BCUT2D eigenvalue weighted by Crippen LogP contribution is -2.01. The van der Waals surface area contributed by atoms with Gasteiger partial charge in [-0.2, -0.15) is 0 Å². The molecule has 0 N–H and O–H groups in total. The second-order valence-corrected chi connectivity index (χ2v) is 12.8. The molecule has 3 aromatic heterocycles. The first-order chi connectivity index (χ1) is 24.8. The van der Waals surface area contributed by atoms with E-state index in [1.165, 1.54) is 27.4 Å². The van der Waals surface area contributed by atoms with Crippen LogP contribution < -0.4 is 0 Å². The third-order valence-electron chi connectivity index (χ3n) is 10.00. The van der Waals surface area contributed by atoms with Crippen molar-refractivity contribution in [3.05, 3.63) is 158 Å². The van der Waals surface area contributed by atoms with Gasteiger partial charge < -0.3 is 8.98 Å².